The molecule has 3 aliphatic rings. The predicted molar refractivity (Wildman–Crippen MR) is 222 cm³/mol. The number of guanidine groups is 1. The Labute approximate surface area is 331 Å². The van der Waals surface area contributed by atoms with Crippen molar-refractivity contribution < 1.29 is 19.1 Å². The number of likely N-dealkylation sites (tertiary alicyclic amines) is 1. The maximum atomic E-state index is 12.7. The number of aromatic nitrogens is 4. The first-order valence-electron chi connectivity index (χ1n) is 19.7. The van der Waals surface area contributed by atoms with Gasteiger partial charge in [-0.1, -0.05) is 88.6 Å². The van der Waals surface area contributed by atoms with Crippen molar-refractivity contribution in [2.75, 3.05) is 46.9 Å². The Morgan fingerprint density at radius 2 is 1.57 bits per heavy atom. The number of hydrogen-bond donors (Lipinski definition) is 5. The molecule has 0 spiro atoms. The minimum atomic E-state index is -0.586. The summed E-state index contributed by atoms with van der Waals surface area (Å²) in [6.07, 6.45) is 12.0. The number of nitrogens with zero attached hydrogens (tertiary/aromatic N) is 5. The maximum absolute atomic E-state index is 12.7. The number of rotatable bonds is 12. The highest BCUT2D eigenvalue weighted by Gasteiger charge is 2.32. The molecule has 56 heavy (non-hydrogen) atoms. The van der Waals surface area contributed by atoms with Gasteiger partial charge >= 0.3 is 6.09 Å². The second-order valence-electron chi connectivity index (χ2n) is 14.5. The van der Waals surface area contributed by atoms with E-state index in [1.807, 2.05) is 17.3 Å². The van der Waals surface area contributed by atoms with Crippen LogP contribution in [0, 0.1) is 5.92 Å². The van der Waals surface area contributed by atoms with E-state index in [-0.39, 0.29) is 18.5 Å². The quantitative estimate of drug-likeness (QED) is 0.103. The van der Waals surface area contributed by atoms with Crippen LogP contribution in [0.3, 0.4) is 0 Å². The van der Waals surface area contributed by atoms with Crippen LogP contribution < -0.4 is 16.4 Å². The molecule has 2 aliphatic heterocycles. The Bertz CT molecular complexity index is 1810. The number of nitrogens with two attached hydrogens (primary N) is 1. The highest BCUT2D eigenvalue weighted by molar-refractivity contribution is 5.79. The number of H-pyrrole nitrogens is 2. The molecule has 14 heteroatoms. The van der Waals surface area contributed by atoms with Crippen LogP contribution >= 0.6 is 0 Å². The highest BCUT2D eigenvalue weighted by Crippen LogP contribution is 2.33. The number of aldehydes is 1. The molecule has 2 amide bonds. The molecule has 0 bridgehead atoms. The number of carbonyl (C=O) groups is 3. The van der Waals surface area contributed by atoms with Crippen molar-refractivity contribution in [2.24, 2.45) is 16.6 Å². The normalized spacial score (nSPS) is 15.3. The van der Waals surface area contributed by atoms with Gasteiger partial charge in [0.15, 0.2) is 5.96 Å². The highest BCUT2D eigenvalue weighted by atomic mass is 16.5. The summed E-state index contributed by atoms with van der Waals surface area (Å²) in [4.78, 5) is 56.7. The van der Waals surface area contributed by atoms with Crippen LogP contribution in [0.25, 0.3) is 33.6 Å². The first kappa shape index (κ1) is 43.2. The third-order valence-electron chi connectivity index (χ3n) is 9.01. The number of aliphatic imine (C=N–C) groups is 1. The molecular formula is C42H60N10O4. The molecule has 14 nitrogen and oxygen atoms in total. The van der Waals surface area contributed by atoms with Crippen LogP contribution in [0.4, 0.5) is 4.79 Å². The summed E-state index contributed by atoms with van der Waals surface area (Å²) in [5.74, 6) is 3.05. The van der Waals surface area contributed by atoms with E-state index in [9.17, 15) is 14.4 Å². The lowest BCUT2D eigenvalue weighted by molar-refractivity contribution is -0.133. The fourth-order valence-electron chi connectivity index (χ4n) is 6.07. The van der Waals surface area contributed by atoms with E-state index in [1.165, 1.54) is 31.9 Å². The van der Waals surface area contributed by atoms with Crippen molar-refractivity contribution in [3.05, 3.63) is 72.6 Å². The summed E-state index contributed by atoms with van der Waals surface area (Å²) in [5.41, 5.74) is 11.7. The van der Waals surface area contributed by atoms with Crippen LogP contribution in [-0.2, 0) is 20.9 Å². The molecule has 1 saturated carbocycles. The third kappa shape index (κ3) is 14.3. The zero-order valence-electron chi connectivity index (χ0n) is 33.6. The van der Waals surface area contributed by atoms with Gasteiger partial charge in [-0.2, -0.15) is 0 Å². The standard InChI is InChI=1S/C32H40N6O.C4H7NO3.C3H7N3.C3H6/c1-5-16-37(4)21-30-33-19-27(35-30)25-12-8-23(9-13-25)24-10-14-26(15-11-24)28-20-34-32(36-28)29-7-6-17-38(29)31(39)18-22(2)3;1-8-4(7)5-2-3-6;4-3-5-1-2-6-3;1-2-3-1/h8-15,19-20,22,29H,5-7,16-18,21H2,1-4H3,(H,33,35)(H,34,36);3H,2H2,1H3,(H,5,7);1-2H2,(H3,4,5,6);1-3H2. The third-order valence-corrected chi connectivity index (χ3v) is 9.01. The van der Waals surface area contributed by atoms with Gasteiger partial charge in [-0.25, -0.2) is 14.8 Å². The molecule has 7 rings (SSSR count). The second kappa shape index (κ2) is 22.8. The first-order valence-corrected chi connectivity index (χ1v) is 19.7. The lowest BCUT2D eigenvalue weighted by Gasteiger charge is -2.24. The maximum Gasteiger partial charge on any atom is 0.407 e. The molecule has 1 saturated heterocycles. The summed E-state index contributed by atoms with van der Waals surface area (Å²) in [5, 5.41) is 5.00. The Morgan fingerprint density at radius 3 is 2.07 bits per heavy atom. The largest absolute Gasteiger partial charge is 0.453 e. The van der Waals surface area contributed by atoms with E-state index in [0.29, 0.717) is 24.6 Å². The predicted octanol–water partition coefficient (Wildman–Crippen LogP) is 6.30. The van der Waals surface area contributed by atoms with Crippen LogP contribution in [0.5, 0.6) is 0 Å². The monoisotopic (exact) mass is 768 g/mol. The molecule has 2 fully saturated rings. The number of benzene rings is 2. The number of alkyl carbamates (subject to hydrolysis) is 1. The summed E-state index contributed by atoms with van der Waals surface area (Å²) in [6.45, 7) is 10.8. The molecule has 4 heterocycles. The minimum Gasteiger partial charge on any atom is -0.453 e. The zero-order chi connectivity index (χ0) is 40.3. The molecule has 1 aliphatic carbocycles. The Hall–Kier alpha value is -5.50. The van der Waals surface area contributed by atoms with Crippen molar-refractivity contribution in [2.45, 2.75) is 78.3 Å². The lowest BCUT2D eigenvalue weighted by atomic mass is 10.0. The Morgan fingerprint density at radius 1 is 0.964 bits per heavy atom. The summed E-state index contributed by atoms with van der Waals surface area (Å²) >= 11 is 0. The van der Waals surface area contributed by atoms with Gasteiger partial charge in [0.2, 0.25) is 5.91 Å². The van der Waals surface area contributed by atoms with Gasteiger partial charge in [0.1, 0.15) is 17.9 Å². The zero-order valence-corrected chi connectivity index (χ0v) is 33.6. The Kier molecular flexibility index (Phi) is 17.6. The van der Waals surface area contributed by atoms with Gasteiger partial charge in [0.25, 0.3) is 0 Å². The van der Waals surface area contributed by atoms with Gasteiger partial charge in [-0.15, -0.1) is 0 Å². The van der Waals surface area contributed by atoms with Gasteiger partial charge in [0, 0.05) is 19.5 Å². The van der Waals surface area contributed by atoms with E-state index in [1.54, 1.807) is 0 Å². The summed E-state index contributed by atoms with van der Waals surface area (Å²) in [6, 6.07) is 17.2. The molecule has 6 N–H and O–H groups in total. The lowest BCUT2D eigenvalue weighted by Crippen LogP contribution is -2.31. The van der Waals surface area contributed by atoms with Gasteiger partial charge in [-0.05, 0) is 61.0 Å². The fraction of sp³-hybridized carbons (Fsp3) is 0.476. The van der Waals surface area contributed by atoms with Crippen molar-refractivity contribution in [3.8, 4) is 33.6 Å². The van der Waals surface area contributed by atoms with E-state index in [0.717, 1.165) is 91.7 Å². The molecule has 1 atom stereocenters. The molecule has 302 valence electrons. The van der Waals surface area contributed by atoms with Crippen molar-refractivity contribution in [1.82, 2.24) is 40.4 Å². The SMILES string of the molecule is C1CC1.CCCN(C)Cc1ncc(-c2ccc(-c3ccc(-c4cnc(C5CCCN5C(=O)CC(C)C)[nH]4)cc3)cc2)[nH]1.COC(=O)NCC=O.NC1=NCCN1. The second-order valence-corrected chi connectivity index (χ2v) is 14.5. The van der Waals surface area contributed by atoms with Gasteiger partial charge in [-0.3, -0.25) is 14.7 Å². The average Bonchev–Trinajstić information content (AvgIpc) is 3.56. The van der Waals surface area contributed by atoms with Crippen LogP contribution in [0.2, 0.25) is 0 Å². The van der Waals surface area contributed by atoms with Gasteiger partial charge < -0.3 is 40.8 Å². The van der Waals surface area contributed by atoms with E-state index in [4.69, 9.17) is 5.73 Å². The smallest absolute Gasteiger partial charge is 0.407 e. The number of carbonyl (C=O) groups excluding carboxylic acids is 3. The van der Waals surface area contributed by atoms with Crippen molar-refractivity contribution >= 4 is 24.2 Å². The fourth-order valence-corrected chi connectivity index (χ4v) is 6.07. The van der Waals surface area contributed by atoms with Gasteiger partial charge in [0.05, 0.1) is 56.6 Å². The number of nitrogens with one attached hydrogen (secondary N) is 4. The van der Waals surface area contributed by atoms with Crippen LogP contribution in [-0.4, -0.2) is 101 Å². The molecule has 4 aromatic rings. The average molecular weight is 769 g/mol. The number of imidazole rings is 2. The number of ether oxygens (including phenoxy) is 1. The topological polar surface area (TPSA) is 187 Å². The van der Waals surface area contributed by atoms with Crippen LogP contribution in [0.1, 0.15) is 83.4 Å². The molecule has 2 aromatic heterocycles. The molecule has 2 aromatic carbocycles. The van der Waals surface area contributed by atoms with E-state index in [2.05, 4.69) is 122 Å². The Balaban J connectivity index is 0.000000337. The molecule has 0 radical (unpaired) electrons. The van der Waals surface area contributed by atoms with Crippen molar-refractivity contribution in [3.63, 3.8) is 0 Å². The first-order chi connectivity index (χ1) is 27.1. The van der Waals surface area contributed by atoms with E-state index >= 15 is 0 Å². The minimum absolute atomic E-state index is 0.00662. The van der Waals surface area contributed by atoms with E-state index < -0.39 is 6.09 Å². The number of methoxy groups -OCH3 is 1. The summed E-state index contributed by atoms with van der Waals surface area (Å²) < 4.78 is 4.14. The number of aromatic amines is 2. The number of amides is 2. The van der Waals surface area contributed by atoms with Crippen molar-refractivity contribution in [1.29, 1.82) is 0 Å². The van der Waals surface area contributed by atoms with Crippen LogP contribution in [0.15, 0.2) is 65.9 Å². The summed E-state index contributed by atoms with van der Waals surface area (Å²) in [7, 11) is 3.36. The molecular weight excluding hydrogens is 709 g/mol. The number of hydrogen-bond acceptors (Lipinski definition) is 10. The molecule has 1 unspecified atom stereocenters.